The van der Waals surface area contributed by atoms with Crippen LogP contribution >= 0.6 is 23.4 Å². The predicted molar refractivity (Wildman–Crippen MR) is 95.4 cm³/mol. The highest BCUT2D eigenvalue weighted by Crippen LogP contribution is 2.44. The Balaban J connectivity index is 2.12. The van der Waals surface area contributed by atoms with Gasteiger partial charge in [-0.3, -0.25) is 0 Å². The molecule has 3 unspecified atom stereocenters. The maximum Gasteiger partial charge on any atom is 0.0541 e. The van der Waals surface area contributed by atoms with Crippen molar-refractivity contribution in [1.29, 1.82) is 0 Å². The predicted octanol–water partition coefficient (Wildman–Crippen LogP) is 5.63. The van der Waals surface area contributed by atoms with Crippen molar-refractivity contribution in [3.63, 3.8) is 0 Å². The van der Waals surface area contributed by atoms with Crippen LogP contribution in [0, 0.1) is 11.3 Å². The van der Waals surface area contributed by atoms with Crippen molar-refractivity contribution in [1.82, 2.24) is 5.32 Å². The molecule has 118 valence electrons. The van der Waals surface area contributed by atoms with Crippen molar-refractivity contribution in [2.45, 2.75) is 63.1 Å². The lowest BCUT2D eigenvalue weighted by Crippen LogP contribution is -2.44. The molecule has 0 amide bonds. The van der Waals surface area contributed by atoms with Gasteiger partial charge in [-0.15, -0.1) is 11.8 Å². The molecule has 1 saturated carbocycles. The summed E-state index contributed by atoms with van der Waals surface area (Å²) < 4.78 is 0. The van der Waals surface area contributed by atoms with E-state index >= 15 is 0 Å². The highest BCUT2D eigenvalue weighted by molar-refractivity contribution is 8.00. The highest BCUT2D eigenvalue weighted by Gasteiger charge is 2.36. The van der Waals surface area contributed by atoms with Crippen molar-refractivity contribution >= 4 is 23.4 Å². The molecule has 1 aliphatic carbocycles. The number of benzene rings is 1. The Hall–Kier alpha value is -0.180. The van der Waals surface area contributed by atoms with Gasteiger partial charge >= 0.3 is 0 Å². The number of hydrogen-bond acceptors (Lipinski definition) is 2. The molecule has 1 nitrogen and oxygen atoms in total. The fourth-order valence-electron chi connectivity index (χ4n) is 3.25. The van der Waals surface area contributed by atoms with Gasteiger partial charge in [-0.25, -0.2) is 0 Å². The average Bonchev–Trinajstić information content (AvgIpc) is 2.42. The minimum Gasteiger partial charge on any atom is -0.313 e. The normalized spacial score (nSPS) is 26.8. The molecular weight excluding hydrogens is 298 g/mol. The van der Waals surface area contributed by atoms with Gasteiger partial charge < -0.3 is 5.32 Å². The largest absolute Gasteiger partial charge is 0.313 e. The summed E-state index contributed by atoms with van der Waals surface area (Å²) >= 11 is 8.32. The summed E-state index contributed by atoms with van der Waals surface area (Å²) in [6.45, 7) is 10.4. The van der Waals surface area contributed by atoms with Crippen LogP contribution in [0.2, 0.25) is 5.02 Å². The maximum absolute atomic E-state index is 6.35. The molecule has 0 spiro atoms. The summed E-state index contributed by atoms with van der Waals surface area (Å²) in [6, 6.07) is 8.84. The summed E-state index contributed by atoms with van der Waals surface area (Å²) in [5.74, 6) is 0.799. The van der Waals surface area contributed by atoms with E-state index in [1.807, 2.05) is 23.9 Å². The quantitative estimate of drug-likeness (QED) is 0.770. The molecular formula is C18H28ClNS. The van der Waals surface area contributed by atoms with E-state index in [0.29, 0.717) is 16.7 Å². The molecule has 0 aromatic heterocycles. The summed E-state index contributed by atoms with van der Waals surface area (Å²) in [6.07, 6.45) is 3.88. The van der Waals surface area contributed by atoms with Crippen LogP contribution < -0.4 is 5.32 Å². The smallest absolute Gasteiger partial charge is 0.0541 e. The van der Waals surface area contributed by atoms with Gasteiger partial charge in [0.05, 0.1) is 5.02 Å². The molecule has 1 fully saturated rings. The molecule has 3 heteroatoms. The summed E-state index contributed by atoms with van der Waals surface area (Å²) in [4.78, 5) is 1.22. The maximum atomic E-state index is 6.35. The van der Waals surface area contributed by atoms with Gasteiger partial charge in [0.15, 0.2) is 0 Å². The SMILES string of the molecule is CCNC1CCC(C(C)(C)C)CC1Sc1ccccc1Cl. The van der Waals surface area contributed by atoms with Gasteiger partial charge in [0, 0.05) is 16.2 Å². The zero-order chi connectivity index (χ0) is 15.5. The molecule has 0 saturated heterocycles. The van der Waals surface area contributed by atoms with E-state index in [9.17, 15) is 0 Å². The standard InChI is InChI=1S/C18H28ClNS/c1-5-20-15-11-10-13(18(2,3)4)12-17(15)21-16-9-7-6-8-14(16)19/h6-9,13,15,17,20H,5,10-12H2,1-4H3. The molecule has 2 rings (SSSR count). The second-order valence-corrected chi connectivity index (χ2v) is 8.82. The van der Waals surface area contributed by atoms with Crippen LogP contribution in [0.25, 0.3) is 0 Å². The summed E-state index contributed by atoms with van der Waals surface area (Å²) in [7, 11) is 0. The van der Waals surface area contributed by atoms with Gasteiger partial charge in [0.2, 0.25) is 0 Å². The molecule has 1 aromatic rings. The van der Waals surface area contributed by atoms with E-state index in [4.69, 9.17) is 11.6 Å². The number of halogens is 1. The van der Waals surface area contributed by atoms with Gasteiger partial charge in [0.25, 0.3) is 0 Å². The van der Waals surface area contributed by atoms with Crippen LogP contribution in [0.1, 0.15) is 47.0 Å². The van der Waals surface area contributed by atoms with E-state index in [1.165, 1.54) is 24.2 Å². The van der Waals surface area contributed by atoms with Gasteiger partial charge in [-0.05, 0) is 49.3 Å². The van der Waals surface area contributed by atoms with Crippen LogP contribution in [0.15, 0.2) is 29.2 Å². The Morgan fingerprint density at radius 2 is 1.95 bits per heavy atom. The van der Waals surface area contributed by atoms with Crippen LogP contribution in [-0.4, -0.2) is 17.8 Å². The Labute approximate surface area is 139 Å². The first-order chi connectivity index (χ1) is 9.91. The zero-order valence-corrected chi connectivity index (χ0v) is 15.2. The third-order valence-corrected chi connectivity index (χ3v) is 6.47. The van der Waals surface area contributed by atoms with E-state index in [0.717, 1.165) is 17.5 Å². The van der Waals surface area contributed by atoms with E-state index in [-0.39, 0.29) is 0 Å². The first-order valence-electron chi connectivity index (χ1n) is 8.06. The summed E-state index contributed by atoms with van der Waals surface area (Å²) in [5.41, 5.74) is 0.399. The Morgan fingerprint density at radius 3 is 2.57 bits per heavy atom. The van der Waals surface area contributed by atoms with E-state index in [2.05, 4.69) is 45.1 Å². The Morgan fingerprint density at radius 1 is 1.24 bits per heavy atom. The Bertz CT molecular complexity index is 455. The van der Waals surface area contributed by atoms with Gasteiger partial charge in [-0.2, -0.15) is 0 Å². The van der Waals surface area contributed by atoms with Crippen LogP contribution in [-0.2, 0) is 0 Å². The molecule has 1 aliphatic rings. The van der Waals surface area contributed by atoms with Gasteiger partial charge in [0.1, 0.15) is 0 Å². The first-order valence-corrected chi connectivity index (χ1v) is 9.32. The Kier molecular flexibility index (Phi) is 6.05. The third kappa shape index (κ3) is 4.64. The second-order valence-electron chi connectivity index (χ2n) is 7.13. The van der Waals surface area contributed by atoms with Crippen molar-refractivity contribution < 1.29 is 0 Å². The second kappa shape index (κ2) is 7.39. The lowest BCUT2D eigenvalue weighted by atomic mass is 9.71. The van der Waals surface area contributed by atoms with Crippen LogP contribution in [0.5, 0.6) is 0 Å². The van der Waals surface area contributed by atoms with Crippen molar-refractivity contribution in [2.75, 3.05) is 6.54 Å². The molecule has 0 heterocycles. The molecule has 1 N–H and O–H groups in total. The average molecular weight is 326 g/mol. The number of nitrogens with one attached hydrogen (secondary N) is 1. The minimum atomic E-state index is 0.399. The van der Waals surface area contributed by atoms with Crippen LogP contribution in [0.4, 0.5) is 0 Å². The van der Waals surface area contributed by atoms with E-state index in [1.54, 1.807) is 0 Å². The molecule has 21 heavy (non-hydrogen) atoms. The topological polar surface area (TPSA) is 12.0 Å². The molecule has 0 radical (unpaired) electrons. The number of rotatable bonds is 4. The number of thioether (sulfide) groups is 1. The lowest BCUT2D eigenvalue weighted by molar-refractivity contribution is 0.165. The summed E-state index contributed by atoms with van der Waals surface area (Å²) in [5, 5.41) is 5.18. The molecule has 0 aliphatic heterocycles. The minimum absolute atomic E-state index is 0.399. The van der Waals surface area contributed by atoms with Gasteiger partial charge in [-0.1, -0.05) is 51.4 Å². The zero-order valence-electron chi connectivity index (χ0n) is 13.7. The fourth-order valence-corrected chi connectivity index (χ4v) is 4.90. The fraction of sp³-hybridized carbons (Fsp3) is 0.667. The van der Waals surface area contributed by atoms with E-state index < -0.39 is 0 Å². The molecule has 0 bridgehead atoms. The molecule has 1 aromatic carbocycles. The monoisotopic (exact) mass is 325 g/mol. The number of hydrogen-bond donors (Lipinski definition) is 1. The third-order valence-electron chi connectivity index (χ3n) is 4.60. The molecule has 3 atom stereocenters. The lowest BCUT2D eigenvalue weighted by Gasteiger charge is -2.42. The van der Waals surface area contributed by atoms with Crippen LogP contribution in [0.3, 0.4) is 0 Å². The van der Waals surface area contributed by atoms with Crippen molar-refractivity contribution in [3.05, 3.63) is 29.3 Å². The van der Waals surface area contributed by atoms with Crippen molar-refractivity contribution in [3.8, 4) is 0 Å². The van der Waals surface area contributed by atoms with Crippen molar-refractivity contribution in [2.24, 2.45) is 11.3 Å². The first kappa shape index (κ1) is 17.2. The highest BCUT2D eigenvalue weighted by atomic mass is 35.5.